The maximum absolute atomic E-state index is 12.3. The second kappa shape index (κ2) is 5.89. The van der Waals surface area contributed by atoms with Crippen molar-refractivity contribution in [3.8, 4) is 11.5 Å². The summed E-state index contributed by atoms with van der Waals surface area (Å²) in [7, 11) is 1.64. The molecule has 1 aliphatic rings. The van der Waals surface area contributed by atoms with Crippen LogP contribution in [0.4, 0.5) is 0 Å². The van der Waals surface area contributed by atoms with Crippen LogP contribution in [0.1, 0.15) is 5.56 Å². The Balaban J connectivity index is 1.44. The molecule has 3 heterocycles. The molecule has 0 bridgehead atoms. The van der Waals surface area contributed by atoms with E-state index in [2.05, 4.69) is 20.6 Å². The van der Waals surface area contributed by atoms with Gasteiger partial charge in [0.1, 0.15) is 12.9 Å². The van der Waals surface area contributed by atoms with Crippen molar-refractivity contribution in [3.05, 3.63) is 40.4 Å². The Kier molecular flexibility index (Phi) is 3.56. The third-order valence-corrected chi connectivity index (χ3v) is 3.82. The Morgan fingerprint density at radius 1 is 1.32 bits per heavy atom. The molecular weight excluding hydrogens is 328 g/mol. The van der Waals surface area contributed by atoms with Gasteiger partial charge in [-0.25, -0.2) is 9.67 Å². The molecule has 25 heavy (non-hydrogen) atoms. The van der Waals surface area contributed by atoms with Gasteiger partial charge in [-0.05, 0) is 17.7 Å². The summed E-state index contributed by atoms with van der Waals surface area (Å²) in [6, 6.07) is 5.44. The van der Waals surface area contributed by atoms with E-state index in [1.165, 1.54) is 15.6 Å². The van der Waals surface area contributed by atoms with Crippen molar-refractivity contribution in [3.63, 3.8) is 0 Å². The minimum absolute atomic E-state index is 0.133. The first-order valence-electron chi connectivity index (χ1n) is 7.52. The van der Waals surface area contributed by atoms with Crippen LogP contribution in [0.5, 0.6) is 11.5 Å². The summed E-state index contributed by atoms with van der Waals surface area (Å²) in [5.41, 5.74) is 0.972. The van der Waals surface area contributed by atoms with Crippen LogP contribution >= 0.6 is 0 Å². The van der Waals surface area contributed by atoms with Crippen molar-refractivity contribution < 1.29 is 14.3 Å². The highest BCUT2D eigenvalue weighted by Crippen LogP contribution is 2.32. The number of nitrogens with zero attached hydrogens (tertiary/aromatic N) is 5. The Hall–Kier alpha value is -3.43. The predicted molar refractivity (Wildman–Crippen MR) is 85.0 cm³/mol. The van der Waals surface area contributed by atoms with E-state index in [1.54, 1.807) is 13.1 Å². The van der Waals surface area contributed by atoms with Crippen LogP contribution in [0, 0.1) is 0 Å². The lowest BCUT2D eigenvalue weighted by Gasteiger charge is -2.07. The number of aryl methyl sites for hydroxylation is 1. The molecule has 0 saturated heterocycles. The summed E-state index contributed by atoms with van der Waals surface area (Å²) in [5.74, 6) is 1.02. The van der Waals surface area contributed by atoms with Gasteiger partial charge in [0.2, 0.25) is 12.7 Å². The molecule has 1 aromatic carbocycles. The number of carbonyl (C=O) groups is 1. The highest BCUT2D eigenvalue weighted by atomic mass is 16.7. The van der Waals surface area contributed by atoms with Crippen LogP contribution in [0.15, 0.2) is 29.3 Å². The smallest absolute Gasteiger partial charge is 0.283 e. The highest BCUT2D eigenvalue weighted by Gasteiger charge is 2.14. The summed E-state index contributed by atoms with van der Waals surface area (Å²) >= 11 is 0. The van der Waals surface area contributed by atoms with Gasteiger partial charge >= 0.3 is 0 Å². The topological polar surface area (TPSA) is 113 Å². The Morgan fingerprint density at radius 3 is 3.04 bits per heavy atom. The molecule has 1 N–H and O–H groups in total. The van der Waals surface area contributed by atoms with Crippen LogP contribution in [-0.2, 0) is 24.9 Å². The van der Waals surface area contributed by atoms with Crippen molar-refractivity contribution in [2.75, 3.05) is 6.79 Å². The fraction of sp³-hybridized carbons (Fsp3) is 0.267. The van der Waals surface area contributed by atoms with E-state index in [0.717, 1.165) is 5.56 Å². The highest BCUT2D eigenvalue weighted by molar-refractivity contribution is 5.76. The molecule has 2 aromatic heterocycles. The van der Waals surface area contributed by atoms with Gasteiger partial charge in [0, 0.05) is 13.6 Å². The zero-order valence-electron chi connectivity index (χ0n) is 13.3. The third-order valence-electron chi connectivity index (χ3n) is 3.82. The first-order chi connectivity index (χ1) is 12.1. The van der Waals surface area contributed by atoms with Gasteiger partial charge in [-0.3, -0.25) is 14.2 Å². The molecule has 0 fully saturated rings. The van der Waals surface area contributed by atoms with Crippen LogP contribution in [-0.4, -0.2) is 37.2 Å². The molecule has 0 saturated carbocycles. The summed E-state index contributed by atoms with van der Waals surface area (Å²) in [6.45, 7) is 0.361. The van der Waals surface area contributed by atoms with Crippen molar-refractivity contribution >= 4 is 17.1 Å². The predicted octanol–water partition coefficient (Wildman–Crippen LogP) is -0.430. The largest absolute Gasteiger partial charge is 0.454 e. The zero-order chi connectivity index (χ0) is 17.4. The second-order valence-corrected chi connectivity index (χ2v) is 5.53. The number of fused-ring (bicyclic) bond motifs is 2. The molecule has 1 aliphatic heterocycles. The molecule has 0 spiro atoms. The van der Waals surface area contributed by atoms with Gasteiger partial charge < -0.3 is 14.8 Å². The molecular formula is C15H14N6O4. The van der Waals surface area contributed by atoms with Gasteiger partial charge in [0.25, 0.3) is 5.56 Å². The molecule has 10 nitrogen and oxygen atoms in total. The Bertz CT molecular complexity index is 1020. The standard InChI is InChI=1S/C15H14N6O4/c1-20-14-13(18-19-20)15(23)21(7-17-14)6-12(22)16-5-9-2-3-10-11(4-9)25-8-24-10/h2-4,7H,5-6,8H2,1H3,(H,16,22). The monoisotopic (exact) mass is 342 g/mol. The first-order valence-corrected chi connectivity index (χ1v) is 7.52. The van der Waals surface area contributed by atoms with E-state index in [4.69, 9.17) is 9.47 Å². The number of benzene rings is 1. The number of rotatable bonds is 4. The number of amides is 1. The van der Waals surface area contributed by atoms with Crippen molar-refractivity contribution in [2.24, 2.45) is 7.05 Å². The van der Waals surface area contributed by atoms with E-state index in [0.29, 0.717) is 23.7 Å². The summed E-state index contributed by atoms with van der Waals surface area (Å²) in [4.78, 5) is 28.5. The van der Waals surface area contributed by atoms with E-state index >= 15 is 0 Å². The zero-order valence-corrected chi connectivity index (χ0v) is 13.3. The molecule has 0 aliphatic carbocycles. The molecule has 0 radical (unpaired) electrons. The SMILES string of the molecule is Cn1nnc2c(=O)n(CC(=O)NCc3ccc4c(c3)OCO4)cnc21. The van der Waals surface area contributed by atoms with Gasteiger partial charge in [0.05, 0.1) is 0 Å². The number of ether oxygens (including phenoxy) is 2. The van der Waals surface area contributed by atoms with Crippen molar-refractivity contribution in [2.45, 2.75) is 13.1 Å². The molecule has 10 heteroatoms. The van der Waals surface area contributed by atoms with Crippen LogP contribution in [0.25, 0.3) is 11.2 Å². The minimum Gasteiger partial charge on any atom is -0.454 e. The second-order valence-electron chi connectivity index (χ2n) is 5.53. The number of carbonyl (C=O) groups excluding carboxylic acids is 1. The molecule has 0 unspecified atom stereocenters. The Labute approximate surface area is 141 Å². The van der Waals surface area contributed by atoms with E-state index < -0.39 is 5.56 Å². The number of hydrogen-bond acceptors (Lipinski definition) is 7. The van der Waals surface area contributed by atoms with Gasteiger partial charge in [-0.15, -0.1) is 5.10 Å². The van der Waals surface area contributed by atoms with E-state index in [1.807, 2.05) is 12.1 Å². The third kappa shape index (κ3) is 2.77. The fourth-order valence-corrected chi connectivity index (χ4v) is 2.52. The van der Waals surface area contributed by atoms with Crippen LogP contribution in [0.2, 0.25) is 0 Å². The molecule has 4 rings (SSSR count). The minimum atomic E-state index is -0.406. The lowest BCUT2D eigenvalue weighted by atomic mass is 10.2. The Morgan fingerprint density at radius 2 is 2.16 bits per heavy atom. The molecule has 1 amide bonds. The maximum atomic E-state index is 12.3. The number of aromatic nitrogens is 5. The summed E-state index contributed by atoms with van der Waals surface area (Å²) in [5, 5.41) is 10.3. The quantitative estimate of drug-likeness (QED) is 0.684. The molecule has 0 atom stereocenters. The number of hydrogen-bond donors (Lipinski definition) is 1. The average molecular weight is 342 g/mol. The summed E-state index contributed by atoms with van der Waals surface area (Å²) < 4.78 is 13.1. The first kappa shape index (κ1) is 15.1. The van der Waals surface area contributed by atoms with E-state index in [-0.39, 0.29) is 24.8 Å². The molecule has 3 aromatic rings. The molecule has 128 valence electrons. The fourth-order valence-electron chi connectivity index (χ4n) is 2.52. The van der Waals surface area contributed by atoms with E-state index in [9.17, 15) is 9.59 Å². The summed E-state index contributed by atoms with van der Waals surface area (Å²) in [6.07, 6.45) is 1.31. The normalized spacial score (nSPS) is 12.5. The van der Waals surface area contributed by atoms with Crippen molar-refractivity contribution in [1.82, 2.24) is 29.9 Å². The average Bonchev–Trinajstić information content (AvgIpc) is 3.22. The van der Waals surface area contributed by atoms with Crippen LogP contribution in [0.3, 0.4) is 0 Å². The van der Waals surface area contributed by atoms with Crippen molar-refractivity contribution in [1.29, 1.82) is 0 Å². The van der Waals surface area contributed by atoms with Crippen LogP contribution < -0.4 is 20.3 Å². The number of nitrogens with one attached hydrogen (secondary N) is 1. The lowest BCUT2D eigenvalue weighted by Crippen LogP contribution is -2.32. The van der Waals surface area contributed by atoms with Gasteiger partial charge in [0.15, 0.2) is 22.7 Å². The lowest BCUT2D eigenvalue weighted by molar-refractivity contribution is -0.121. The van der Waals surface area contributed by atoms with Gasteiger partial charge in [-0.2, -0.15) is 0 Å². The maximum Gasteiger partial charge on any atom is 0.283 e. The van der Waals surface area contributed by atoms with Gasteiger partial charge in [-0.1, -0.05) is 11.3 Å².